The summed E-state index contributed by atoms with van der Waals surface area (Å²) in [4.78, 5) is 25.7. The summed E-state index contributed by atoms with van der Waals surface area (Å²) in [6.07, 6.45) is -0.174. The van der Waals surface area contributed by atoms with E-state index in [0.29, 0.717) is 11.4 Å². The van der Waals surface area contributed by atoms with Gasteiger partial charge in [-0.2, -0.15) is 0 Å². The molecule has 0 aliphatic rings. The van der Waals surface area contributed by atoms with Crippen LogP contribution in [0.1, 0.15) is 12.0 Å². The van der Waals surface area contributed by atoms with E-state index in [1.807, 2.05) is 30.3 Å². The van der Waals surface area contributed by atoms with Gasteiger partial charge in [-0.1, -0.05) is 30.3 Å². The Balaban J connectivity index is 1.86. The molecule has 0 bridgehead atoms. The van der Waals surface area contributed by atoms with E-state index in [-0.39, 0.29) is 18.9 Å². The maximum Gasteiger partial charge on any atom is 0.308 e. The number of esters is 1. The van der Waals surface area contributed by atoms with Gasteiger partial charge in [-0.25, -0.2) is 0 Å². The molecule has 0 heterocycles. The second kappa shape index (κ2) is 8.84. The van der Waals surface area contributed by atoms with Crippen molar-refractivity contribution in [2.45, 2.75) is 19.1 Å². The van der Waals surface area contributed by atoms with E-state index < -0.39 is 12.0 Å². The number of nitrogens with zero attached hydrogens (tertiary/aromatic N) is 1. The lowest BCUT2D eigenvalue weighted by atomic mass is 10.2. The van der Waals surface area contributed by atoms with Gasteiger partial charge in [-0.15, -0.1) is 0 Å². The molecule has 0 saturated heterocycles. The van der Waals surface area contributed by atoms with Crippen LogP contribution in [0.3, 0.4) is 0 Å². The molecule has 2 aromatic rings. The second-order valence-electron chi connectivity index (χ2n) is 5.55. The number of benzene rings is 2. The summed E-state index contributed by atoms with van der Waals surface area (Å²) >= 11 is 0. The monoisotopic (exact) mass is 342 g/mol. The lowest BCUT2D eigenvalue weighted by molar-refractivity contribution is -0.146. The molecule has 2 N–H and O–H groups in total. The molecule has 0 unspecified atom stereocenters. The van der Waals surface area contributed by atoms with Gasteiger partial charge >= 0.3 is 5.97 Å². The van der Waals surface area contributed by atoms with E-state index in [1.165, 1.54) is 4.90 Å². The normalized spacial score (nSPS) is 11.5. The highest BCUT2D eigenvalue weighted by Gasteiger charge is 2.22. The first-order valence-corrected chi connectivity index (χ1v) is 7.88. The van der Waals surface area contributed by atoms with Crippen molar-refractivity contribution in [1.29, 1.82) is 0 Å². The van der Waals surface area contributed by atoms with Crippen LogP contribution in [-0.2, 0) is 20.9 Å². The van der Waals surface area contributed by atoms with Crippen molar-refractivity contribution in [3.05, 3.63) is 60.2 Å². The van der Waals surface area contributed by atoms with Crippen molar-refractivity contribution in [3.63, 3.8) is 0 Å². The van der Waals surface area contributed by atoms with Crippen LogP contribution >= 0.6 is 0 Å². The minimum Gasteiger partial charge on any atom is -0.497 e. The van der Waals surface area contributed by atoms with E-state index >= 15 is 0 Å². The number of amides is 1. The Morgan fingerprint density at radius 2 is 1.72 bits per heavy atom. The first-order chi connectivity index (χ1) is 12.0. The number of carbonyl (C=O) groups is 2. The van der Waals surface area contributed by atoms with Gasteiger partial charge in [0.15, 0.2) is 0 Å². The fourth-order valence-electron chi connectivity index (χ4n) is 2.25. The number of anilines is 1. The van der Waals surface area contributed by atoms with Crippen molar-refractivity contribution in [2.75, 3.05) is 19.1 Å². The zero-order valence-electron chi connectivity index (χ0n) is 14.3. The molecular formula is C19H22N2O4. The molecule has 25 heavy (non-hydrogen) atoms. The molecule has 0 saturated carbocycles. The summed E-state index contributed by atoms with van der Waals surface area (Å²) in [6.45, 7) is 0.162. The average Bonchev–Trinajstić information content (AvgIpc) is 2.66. The van der Waals surface area contributed by atoms with Gasteiger partial charge in [0.25, 0.3) is 0 Å². The Hall–Kier alpha value is -2.86. The summed E-state index contributed by atoms with van der Waals surface area (Å²) in [5, 5.41) is 0. The maximum absolute atomic E-state index is 12.4. The molecular weight excluding hydrogens is 320 g/mol. The largest absolute Gasteiger partial charge is 0.497 e. The summed E-state index contributed by atoms with van der Waals surface area (Å²) < 4.78 is 10.2. The van der Waals surface area contributed by atoms with Crippen LogP contribution in [0, 0.1) is 0 Å². The molecule has 6 nitrogen and oxygen atoms in total. The third kappa shape index (κ3) is 5.32. The number of hydrogen-bond acceptors (Lipinski definition) is 5. The van der Waals surface area contributed by atoms with Crippen LogP contribution in [0.2, 0.25) is 0 Å². The van der Waals surface area contributed by atoms with Crippen LogP contribution in [0.5, 0.6) is 5.75 Å². The second-order valence-corrected chi connectivity index (χ2v) is 5.55. The molecule has 1 amide bonds. The molecule has 2 rings (SSSR count). The van der Waals surface area contributed by atoms with Gasteiger partial charge < -0.3 is 20.1 Å². The summed E-state index contributed by atoms with van der Waals surface area (Å²) in [5.41, 5.74) is 7.41. The SMILES string of the molecule is COc1ccc(N(C)C(=O)[C@@H](N)CC(=O)OCc2ccccc2)cc1. The number of rotatable bonds is 7. The van der Waals surface area contributed by atoms with Crippen LogP contribution in [0.15, 0.2) is 54.6 Å². The van der Waals surface area contributed by atoms with Gasteiger partial charge in [0.05, 0.1) is 19.6 Å². The van der Waals surface area contributed by atoms with E-state index in [4.69, 9.17) is 15.2 Å². The number of likely N-dealkylation sites (N-methyl/N-ethyl adjacent to an activating group) is 1. The van der Waals surface area contributed by atoms with Crippen molar-refractivity contribution in [3.8, 4) is 5.75 Å². The van der Waals surface area contributed by atoms with Gasteiger partial charge in [-0.05, 0) is 29.8 Å². The van der Waals surface area contributed by atoms with Crippen LogP contribution in [-0.4, -0.2) is 32.1 Å². The Morgan fingerprint density at radius 1 is 1.08 bits per heavy atom. The lowest BCUT2D eigenvalue weighted by Crippen LogP contribution is -2.43. The molecule has 6 heteroatoms. The smallest absolute Gasteiger partial charge is 0.308 e. The number of nitrogens with two attached hydrogens (primary N) is 1. The van der Waals surface area contributed by atoms with Crippen molar-refractivity contribution in [2.24, 2.45) is 5.73 Å². The van der Waals surface area contributed by atoms with E-state index in [9.17, 15) is 9.59 Å². The number of methoxy groups -OCH3 is 1. The van der Waals surface area contributed by atoms with Crippen molar-refractivity contribution >= 4 is 17.6 Å². The highest BCUT2D eigenvalue weighted by atomic mass is 16.5. The van der Waals surface area contributed by atoms with Crippen LogP contribution < -0.4 is 15.4 Å². The lowest BCUT2D eigenvalue weighted by Gasteiger charge is -2.21. The number of ether oxygens (including phenoxy) is 2. The van der Waals surface area contributed by atoms with Gasteiger partial charge in [0, 0.05) is 12.7 Å². The molecule has 2 aromatic carbocycles. The fraction of sp³-hybridized carbons (Fsp3) is 0.263. The van der Waals surface area contributed by atoms with E-state index in [2.05, 4.69) is 0 Å². The minimum atomic E-state index is -0.963. The van der Waals surface area contributed by atoms with Gasteiger partial charge in [0.1, 0.15) is 12.4 Å². The molecule has 0 aliphatic carbocycles. The zero-order valence-corrected chi connectivity index (χ0v) is 14.3. The summed E-state index contributed by atoms with van der Waals surface area (Å²) in [7, 11) is 3.18. The predicted octanol–water partition coefficient (Wildman–Crippen LogP) is 2.12. The molecule has 0 radical (unpaired) electrons. The molecule has 0 aliphatic heterocycles. The van der Waals surface area contributed by atoms with Gasteiger partial charge in [0.2, 0.25) is 5.91 Å². The standard InChI is InChI=1S/C19H22N2O4/c1-21(15-8-10-16(24-2)11-9-15)19(23)17(20)12-18(22)25-13-14-6-4-3-5-7-14/h3-11,17H,12-13,20H2,1-2H3/t17-/m0/s1. The predicted molar refractivity (Wildman–Crippen MR) is 95.2 cm³/mol. The third-order valence-electron chi connectivity index (χ3n) is 3.74. The van der Waals surface area contributed by atoms with Crippen LogP contribution in [0.25, 0.3) is 0 Å². The minimum absolute atomic E-state index is 0.162. The quantitative estimate of drug-likeness (QED) is 0.780. The first-order valence-electron chi connectivity index (χ1n) is 7.88. The fourth-order valence-corrected chi connectivity index (χ4v) is 2.25. The number of hydrogen-bond donors (Lipinski definition) is 1. The summed E-state index contributed by atoms with van der Waals surface area (Å²) in [5.74, 6) is -0.173. The Kier molecular flexibility index (Phi) is 6.54. The van der Waals surface area contributed by atoms with Gasteiger partial charge in [-0.3, -0.25) is 9.59 Å². The summed E-state index contributed by atoms with van der Waals surface area (Å²) in [6, 6.07) is 15.4. The highest BCUT2D eigenvalue weighted by Crippen LogP contribution is 2.19. The van der Waals surface area contributed by atoms with Crippen molar-refractivity contribution < 1.29 is 19.1 Å². The van der Waals surface area contributed by atoms with Crippen LogP contribution in [0.4, 0.5) is 5.69 Å². The third-order valence-corrected chi connectivity index (χ3v) is 3.74. The molecule has 0 aromatic heterocycles. The Bertz CT molecular complexity index is 701. The molecule has 1 atom stereocenters. The zero-order chi connectivity index (χ0) is 18.2. The Labute approximate surface area is 147 Å². The average molecular weight is 342 g/mol. The number of carbonyl (C=O) groups excluding carboxylic acids is 2. The first kappa shape index (κ1) is 18.5. The maximum atomic E-state index is 12.4. The highest BCUT2D eigenvalue weighted by molar-refractivity contribution is 5.98. The van der Waals surface area contributed by atoms with E-state index in [1.54, 1.807) is 38.4 Å². The molecule has 0 spiro atoms. The topological polar surface area (TPSA) is 81.9 Å². The van der Waals surface area contributed by atoms with E-state index in [0.717, 1.165) is 5.56 Å². The van der Waals surface area contributed by atoms with Crippen molar-refractivity contribution in [1.82, 2.24) is 0 Å². The molecule has 0 fully saturated rings. The Morgan fingerprint density at radius 3 is 2.32 bits per heavy atom. The molecule has 132 valence electrons.